The van der Waals surface area contributed by atoms with E-state index in [1.54, 1.807) is 0 Å². The molecule has 1 aliphatic rings. The number of benzene rings is 1. The van der Waals surface area contributed by atoms with Crippen LogP contribution in [0.25, 0.3) is 0 Å². The zero-order chi connectivity index (χ0) is 13.5. The summed E-state index contributed by atoms with van der Waals surface area (Å²) in [7, 11) is 0. The van der Waals surface area contributed by atoms with Crippen LogP contribution in [0.3, 0.4) is 0 Å². The number of hydrogen-bond acceptors (Lipinski definition) is 2. The molecule has 0 spiro atoms. The van der Waals surface area contributed by atoms with E-state index >= 15 is 0 Å². The summed E-state index contributed by atoms with van der Waals surface area (Å²) in [6.45, 7) is 0. The molecular weight excluding hydrogens is 234 g/mol. The SMILES string of the molecule is NC(CC(=O)CCC1CCCCC1)c1ccccc1. The predicted molar refractivity (Wildman–Crippen MR) is 78.8 cm³/mol. The third kappa shape index (κ3) is 4.79. The fourth-order valence-corrected chi connectivity index (χ4v) is 3.01. The molecule has 104 valence electrons. The highest BCUT2D eigenvalue weighted by atomic mass is 16.1. The Morgan fingerprint density at radius 3 is 2.53 bits per heavy atom. The maximum absolute atomic E-state index is 12.0. The number of hydrogen-bond donors (Lipinski definition) is 1. The van der Waals surface area contributed by atoms with Gasteiger partial charge < -0.3 is 5.73 Å². The van der Waals surface area contributed by atoms with Crippen molar-refractivity contribution in [2.45, 2.75) is 57.4 Å². The Bertz CT molecular complexity index is 382. The minimum atomic E-state index is -0.139. The zero-order valence-electron chi connectivity index (χ0n) is 11.7. The predicted octanol–water partition coefficient (Wildman–Crippen LogP) is 4.01. The average Bonchev–Trinajstić information content (AvgIpc) is 2.47. The number of carbonyl (C=O) groups is 1. The monoisotopic (exact) mass is 259 g/mol. The first-order chi connectivity index (χ1) is 9.25. The lowest BCUT2D eigenvalue weighted by molar-refractivity contribution is -0.119. The molecule has 2 rings (SSSR count). The third-order valence-corrected chi connectivity index (χ3v) is 4.23. The molecular formula is C17H25NO. The van der Waals surface area contributed by atoms with Crippen molar-refractivity contribution in [1.82, 2.24) is 0 Å². The van der Waals surface area contributed by atoms with Gasteiger partial charge in [-0.3, -0.25) is 4.79 Å². The van der Waals surface area contributed by atoms with Crippen LogP contribution >= 0.6 is 0 Å². The highest BCUT2D eigenvalue weighted by Crippen LogP contribution is 2.27. The second kappa shape index (κ2) is 7.44. The van der Waals surface area contributed by atoms with Gasteiger partial charge in [0.15, 0.2) is 0 Å². The summed E-state index contributed by atoms with van der Waals surface area (Å²) in [6.07, 6.45) is 8.98. The van der Waals surface area contributed by atoms with Crippen molar-refractivity contribution in [3.05, 3.63) is 35.9 Å². The van der Waals surface area contributed by atoms with Gasteiger partial charge in [0.2, 0.25) is 0 Å². The van der Waals surface area contributed by atoms with Crippen LogP contribution in [0.15, 0.2) is 30.3 Å². The first kappa shape index (κ1) is 14.3. The fourth-order valence-electron chi connectivity index (χ4n) is 3.01. The first-order valence-electron chi connectivity index (χ1n) is 7.58. The minimum absolute atomic E-state index is 0.139. The number of Topliss-reactive ketones (excluding diaryl/α,β-unsaturated/α-hetero) is 1. The van der Waals surface area contributed by atoms with Crippen LogP contribution in [0.1, 0.15) is 63.0 Å². The van der Waals surface area contributed by atoms with Crippen LogP contribution in [0, 0.1) is 5.92 Å². The largest absolute Gasteiger partial charge is 0.324 e. The average molecular weight is 259 g/mol. The summed E-state index contributed by atoms with van der Waals surface area (Å²) in [5, 5.41) is 0. The summed E-state index contributed by atoms with van der Waals surface area (Å²) in [5.74, 6) is 1.10. The van der Waals surface area contributed by atoms with E-state index in [9.17, 15) is 4.79 Å². The molecule has 0 amide bonds. The summed E-state index contributed by atoms with van der Waals surface area (Å²) in [6, 6.07) is 9.78. The second-order valence-electron chi connectivity index (χ2n) is 5.80. The van der Waals surface area contributed by atoms with Crippen molar-refractivity contribution in [1.29, 1.82) is 0 Å². The highest BCUT2D eigenvalue weighted by molar-refractivity contribution is 5.79. The van der Waals surface area contributed by atoms with E-state index in [4.69, 9.17) is 5.73 Å². The van der Waals surface area contributed by atoms with Crippen LogP contribution < -0.4 is 5.73 Å². The fraction of sp³-hybridized carbons (Fsp3) is 0.588. The topological polar surface area (TPSA) is 43.1 Å². The van der Waals surface area contributed by atoms with Crippen LogP contribution in [0.4, 0.5) is 0 Å². The second-order valence-corrected chi connectivity index (χ2v) is 5.80. The Morgan fingerprint density at radius 1 is 1.16 bits per heavy atom. The zero-order valence-corrected chi connectivity index (χ0v) is 11.7. The summed E-state index contributed by atoms with van der Waals surface area (Å²) in [5.41, 5.74) is 7.15. The molecule has 0 aromatic heterocycles. The summed E-state index contributed by atoms with van der Waals surface area (Å²) in [4.78, 5) is 12.0. The van der Waals surface area contributed by atoms with Gasteiger partial charge in [0.05, 0.1) is 0 Å². The lowest BCUT2D eigenvalue weighted by Crippen LogP contribution is -2.16. The molecule has 1 aliphatic carbocycles. The molecule has 2 nitrogen and oxygen atoms in total. The van der Waals surface area contributed by atoms with Crippen molar-refractivity contribution in [3.8, 4) is 0 Å². The van der Waals surface area contributed by atoms with E-state index in [2.05, 4.69) is 0 Å². The van der Waals surface area contributed by atoms with Crippen LogP contribution in [-0.2, 0) is 4.79 Å². The number of nitrogens with two attached hydrogens (primary N) is 1. The van der Waals surface area contributed by atoms with Gasteiger partial charge in [0.1, 0.15) is 5.78 Å². The molecule has 1 atom stereocenters. The van der Waals surface area contributed by atoms with Gasteiger partial charge in [0.25, 0.3) is 0 Å². The molecule has 2 heteroatoms. The van der Waals surface area contributed by atoms with Gasteiger partial charge in [-0.05, 0) is 17.9 Å². The normalized spacial score (nSPS) is 18.2. The molecule has 0 bridgehead atoms. The highest BCUT2D eigenvalue weighted by Gasteiger charge is 2.16. The standard InChI is InChI=1S/C17H25NO/c18-17(15-9-5-2-6-10-15)13-16(19)12-11-14-7-3-1-4-8-14/h2,5-6,9-10,14,17H,1,3-4,7-8,11-13,18H2. The van der Waals surface area contributed by atoms with Crippen molar-refractivity contribution < 1.29 is 4.79 Å². The summed E-state index contributed by atoms with van der Waals surface area (Å²) < 4.78 is 0. The van der Waals surface area contributed by atoms with Crippen LogP contribution in [0.5, 0.6) is 0 Å². The quantitative estimate of drug-likeness (QED) is 0.839. The van der Waals surface area contributed by atoms with Crippen LogP contribution in [0.2, 0.25) is 0 Å². The lowest BCUT2D eigenvalue weighted by atomic mass is 9.85. The molecule has 1 unspecified atom stereocenters. The molecule has 1 aromatic rings. The maximum Gasteiger partial charge on any atom is 0.134 e. The van der Waals surface area contributed by atoms with E-state index in [0.717, 1.165) is 17.9 Å². The Kier molecular flexibility index (Phi) is 5.59. The van der Waals surface area contributed by atoms with Gasteiger partial charge in [-0.25, -0.2) is 0 Å². The van der Waals surface area contributed by atoms with Crippen molar-refractivity contribution in [2.75, 3.05) is 0 Å². The van der Waals surface area contributed by atoms with E-state index in [1.807, 2.05) is 30.3 Å². The van der Waals surface area contributed by atoms with Crippen LogP contribution in [-0.4, -0.2) is 5.78 Å². The molecule has 0 aliphatic heterocycles. The Balaban J connectivity index is 1.71. The van der Waals surface area contributed by atoms with Crippen molar-refractivity contribution in [2.24, 2.45) is 11.7 Å². The Labute approximate surface area is 116 Å². The molecule has 1 fully saturated rings. The van der Waals surface area contributed by atoms with Gasteiger partial charge in [-0.1, -0.05) is 62.4 Å². The van der Waals surface area contributed by atoms with Crippen molar-refractivity contribution in [3.63, 3.8) is 0 Å². The van der Waals surface area contributed by atoms with E-state index < -0.39 is 0 Å². The maximum atomic E-state index is 12.0. The smallest absolute Gasteiger partial charge is 0.134 e. The van der Waals surface area contributed by atoms with Gasteiger partial charge in [0, 0.05) is 18.9 Å². The summed E-state index contributed by atoms with van der Waals surface area (Å²) >= 11 is 0. The van der Waals surface area contributed by atoms with Gasteiger partial charge in [-0.15, -0.1) is 0 Å². The first-order valence-corrected chi connectivity index (χ1v) is 7.58. The van der Waals surface area contributed by atoms with E-state index in [0.29, 0.717) is 18.6 Å². The van der Waals surface area contributed by atoms with E-state index in [1.165, 1.54) is 32.1 Å². The molecule has 0 saturated heterocycles. The van der Waals surface area contributed by atoms with E-state index in [-0.39, 0.29) is 6.04 Å². The lowest BCUT2D eigenvalue weighted by Gasteiger charge is -2.21. The number of rotatable bonds is 6. The van der Waals surface area contributed by atoms with Gasteiger partial charge in [-0.2, -0.15) is 0 Å². The number of carbonyl (C=O) groups excluding carboxylic acids is 1. The Hall–Kier alpha value is -1.15. The molecule has 0 heterocycles. The molecule has 1 saturated carbocycles. The molecule has 0 radical (unpaired) electrons. The van der Waals surface area contributed by atoms with Gasteiger partial charge >= 0.3 is 0 Å². The molecule has 19 heavy (non-hydrogen) atoms. The molecule has 1 aromatic carbocycles. The molecule has 2 N–H and O–H groups in total. The minimum Gasteiger partial charge on any atom is -0.324 e. The Morgan fingerprint density at radius 2 is 1.84 bits per heavy atom. The number of ketones is 1. The third-order valence-electron chi connectivity index (χ3n) is 4.23. The van der Waals surface area contributed by atoms with Crippen molar-refractivity contribution >= 4 is 5.78 Å².